The van der Waals surface area contributed by atoms with Crippen LogP contribution in [0.1, 0.15) is 23.2 Å². The van der Waals surface area contributed by atoms with Crippen molar-refractivity contribution in [3.05, 3.63) is 23.9 Å². The minimum atomic E-state index is -0.934. The van der Waals surface area contributed by atoms with Crippen molar-refractivity contribution in [3.8, 4) is 0 Å². The lowest BCUT2D eigenvalue weighted by atomic mass is 10.2. The Hall–Kier alpha value is -1.62. The first-order valence-corrected chi connectivity index (χ1v) is 5.68. The Balaban J connectivity index is 2.25. The third kappa shape index (κ3) is 2.74. The van der Waals surface area contributed by atoms with E-state index in [9.17, 15) is 4.79 Å². The second-order valence-electron chi connectivity index (χ2n) is 4.10. The summed E-state index contributed by atoms with van der Waals surface area (Å²) >= 11 is 0. The number of nitrogens with zero attached hydrogens (tertiary/aromatic N) is 2. The first kappa shape index (κ1) is 11.9. The molecule has 0 amide bonds. The molecule has 0 aromatic carbocycles. The standard InChI is InChI=1S/C12H16N2O3/c1-17-8-7-14(9-4-5-9)11-10(12(15)16)3-2-6-13-11/h2-3,6,9H,4-5,7-8H2,1H3,(H,15,16). The number of carboxylic acids is 1. The molecular formula is C12H16N2O3. The Bertz CT molecular complexity index is 404. The number of hydrogen-bond acceptors (Lipinski definition) is 4. The smallest absolute Gasteiger partial charge is 0.339 e. The van der Waals surface area contributed by atoms with E-state index in [1.54, 1.807) is 25.4 Å². The molecule has 0 spiro atoms. The van der Waals surface area contributed by atoms with Gasteiger partial charge in [-0.05, 0) is 25.0 Å². The quantitative estimate of drug-likeness (QED) is 0.808. The first-order valence-electron chi connectivity index (χ1n) is 5.68. The van der Waals surface area contributed by atoms with Gasteiger partial charge in [0.1, 0.15) is 11.4 Å². The second-order valence-corrected chi connectivity index (χ2v) is 4.10. The molecule has 5 heteroatoms. The Morgan fingerprint density at radius 2 is 2.41 bits per heavy atom. The summed E-state index contributed by atoms with van der Waals surface area (Å²) in [5.74, 6) is -0.379. The SMILES string of the molecule is COCCN(c1ncccc1C(=O)O)C1CC1. The fourth-order valence-corrected chi connectivity index (χ4v) is 1.83. The molecule has 1 saturated carbocycles. The summed E-state index contributed by atoms with van der Waals surface area (Å²) in [6.07, 6.45) is 3.82. The van der Waals surface area contributed by atoms with Crippen molar-refractivity contribution < 1.29 is 14.6 Å². The van der Waals surface area contributed by atoms with Crippen molar-refractivity contribution in [1.29, 1.82) is 0 Å². The van der Waals surface area contributed by atoms with Crippen LogP contribution in [0, 0.1) is 0 Å². The van der Waals surface area contributed by atoms with E-state index >= 15 is 0 Å². The lowest BCUT2D eigenvalue weighted by Gasteiger charge is -2.24. The van der Waals surface area contributed by atoms with E-state index in [1.807, 2.05) is 4.90 Å². The van der Waals surface area contributed by atoms with Crippen molar-refractivity contribution in [2.75, 3.05) is 25.2 Å². The van der Waals surface area contributed by atoms with Crippen LogP contribution in [0.2, 0.25) is 0 Å². The van der Waals surface area contributed by atoms with Crippen LogP contribution in [0.3, 0.4) is 0 Å². The second kappa shape index (κ2) is 5.14. The van der Waals surface area contributed by atoms with E-state index in [0.717, 1.165) is 12.8 Å². The average Bonchev–Trinajstić information content (AvgIpc) is 3.14. The summed E-state index contributed by atoms with van der Waals surface area (Å²) in [6, 6.07) is 3.65. The topological polar surface area (TPSA) is 62.7 Å². The number of carboxylic acid groups (broad SMARTS) is 1. The molecule has 17 heavy (non-hydrogen) atoms. The lowest BCUT2D eigenvalue weighted by molar-refractivity contribution is 0.0697. The molecule has 5 nitrogen and oxygen atoms in total. The molecule has 1 aromatic heterocycles. The molecular weight excluding hydrogens is 220 g/mol. The highest BCUT2D eigenvalue weighted by atomic mass is 16.5. The third-order valence-electron chi connectivity index (χ3n) is 2.81. The van der Waals surface area contributed by atoms with Gasteiger partial charge in [0.2, 0.25) is 0 Å². The predicted molar refractivity (Wildman–Crippen MR) is 63.4 cm³/mol. The van der Waals surface area contributed by atoms with Crippen LogP contribution < -0.4 is 4.90 Å². The highest BCUT2D eigenvalue weighted by Gasteiger charge is 2.31. The Kier molecular flexibility index (Phi) is 3.58. The van der Waals surface area contributed by atoms with E-state index in [1.165, 1.54) is 0 Å². The average molecular weight is 236 g/mol. The minimum absolute atomic E-state index is 0.260. The van der Waals surface area contributed by atoms with Gasteiger partial charge >= 0.3 is 5.97 Å². The van der Waals surface area contributed by atoms with Gasteiger partial charge in [-0.2, -0.15) is 0 Å². The van der Waals surface area contributed by atoms with Crippen LogP contribution in [-0.2, 0) is 4.74 Å². The number of hydrogen-bond donors (Lipinski definition) is 1. The molecule has 92 valence electrons. The summed E-state index contributed by atoms with van der Waals surface area (Å²) < 4.78 is 5.06. The molecule has 0 radical (unpaired) electrons. The van der Waals surface area contributed by atoms with Gasteiger partial charge in [0.05, 0.1) is 6.61 Å². The van der Waals surface area contributed by atoms with Crippen molar-refractivity contribution in [2.45, 2.75) is 18.9 Å². The molecule has 1 aliphatic rings. The summed E-state index contributed by atoms with van der Waals surface area (Å²) in [6.45, 7) is 1.25. The zero-order chi connectivity index (χ0) is 12.3. The third-order valence-corrected chi connectivity index (χ3v) is 2.81. The van der Waals surface area contributed by atoms with E-state index in [2.05, 4.69) is 4.98 Å². The van der Waals surface area contributed by atoms with Crippen molar-refractivity contribution in [2.24, 2.45) is 0 Å². The van der Waals surface area contributed by atoms with Crippen LogP contribution >= 0.6 is 0 Å². The number of anilines is 1. The molecule has 1 aromatic rings. The van der Waals surface area contributed by atoms with E-state index < -0.39 is 5.97 Å². The zero-order valence-electron chi connectivity index (χ0n) is 9.80. The molecule has 0 saturated heterocycles. The Morgan fingerprint density at radius 1 is 1.65 bits per heavy atom. The highest BCUT2D eigenvalue weighted by molar-refractivity contribution is 5.93. The van der Waals surface area contributed by atoms with Gasteiger partial charge in [0, 0.05) is 25.9 Å². The number of methoxy groups -OCH3 is 1. The van der Waals surface area contributed by atoms with Crippen LogP contribution in [-0.4, -0.2) is 42.4 Å². The number of rotatable bonds is 6. The highest BCUT2D eigenvalue weighted by Crippen LogP contribution is 2.31. The molecule has 0 bridgehead atoms. The Morgan fingerprint density at radius 3 is 3.00 bits per heavy atom. The van der Waals surface area contributed by atoms with Crippen LogP contribution in [0.5, 0.6) is 0 Å². The maximum atomic E-state index is 11.1. The zero-order valence-corrected chi connectivity index (χ0v) is 9.80. The lowest BCUT2D eigenvalue weighted by Crippen LogP contribution is -2.31. The molecule has 0 aliphatic heterocycles. The fraction of sp³-hybridized carbons (Fsp3) is 0.500. The molecule has 1 fully saturated rings. The summed E-state index contributed by atoms with van der Waals surface area (Å²) in [5, 5.41) is 9.14. The van der Waals surface area contributed by atoms with Gasteiger partial charge in [-0.1, -0.05) is 0 Å². The fourth-order valence-electron chi connectivity index (χ4n) is 1.83. The molecule has 1 aliphatic carbocycles. The molecule has 0 unspecified atom stereocenters. The first-order chi connectivity index (χ1) is 8.24. The van der Waals surface area contributed by atoms with Crippen molar-refractivity contribution >= 4 is 11.8 Å². The number of aromatic carboxylic acids is 1. The predicted octanol–water partition coefficient (Wildman–Crippen LogP) is 1.40. The number of ether oxygens (including phenoxy) is 1. The van der Waals surface area contributed by atoms with E-state index in [4.69, 9.17) is 9.84 Å². The summed E-state index contributed by atoms with van der Waals surface area (Å²) in [7, 11) is 1.64. The van der Waals surface area contributed by atoms with Crippen LogP contribution in [0.4, 0.5) is 5.82 Å². The summed E-state index contributed by atoms with van der Waals surface area (Å²) in [5.41, 5.74) is 0.260. The molecule has 2 rings (SSSR count). The van der Waals surface area contributed by atoms with Crippen LogP contribution in [0.25, 0.3) is 0 Å². The number of aromatic nitrogens is 1. The van der Waals surface area contributed by atoms with Gasteiger partial charge < -0.3 is 14.7 Å². The van der Waals surface area contributed by atoms with Gasteiger partial charge in [0.25, 0.3) is 0 Å². The van der Waals surface area contributed by atoms with Crippen LogP contribution in [0.15, 0.2) is 18.3 Å². The van der Waals surface area contributed by atoms with Gasteiger partial charge in [-0.25, -0.2) is 9.78 Å². The molecule has 1 N–H and O–H groups in total. The normalized spacial score (nSPS) is 14.6. The maximum Gasteiger partial charge on any atom is 0.339 e. The Labute approximate surface area is 100 Å². The monoisotopic (exact) mass is 236 g/mol. The largest absolute Gasteiger partial charge is 0.478 e. The van der Waals surface area contributed by atoms with Gasteiger partial charge in [0.15, 0.2) is 0 Å². The van der Waals surface area contributed by atoms with Gasteiger partial charge in [-0.15, -0.1) is 0 Å². The van der Waals surface area contributed by atoms with Crippen molar-refractivity contribution in [1.82, 2.24) is 4.98 Å². The van der Waals surface area contributed by atoms with E-state index in [-0.39, 0.29) is 5.56 Å². The van der Waals surface area contributed by atoms with E-state index in [0.29, 0.717) is 25.0 Å². The molecule has 1 heterocycles. The van der Waals surface area contributed by atoms with Gasteiger partial charge in [-0.3, -0.25) is 0 Å². The minimum Gasteiger partial charge on any atom is -0.478 e. The number of pyridine rings is 1. The van der Waals surface area contributed by atoms with Crippen molar-refractivity contribution in [3.63, 3.8) is 0 Å². The molecule has 0 atom stereocenters. The number of carbonyl (C=O) groups is 1. The summed E-state index contributed by atoms with van der Waals surface area (Å²) in [4.78, 5) is 17.4. The maximum absolute atomic E-state index is 11.1.